The predicted octanol–water partition coefficient (Wildman–Crippen LogP) is 2.56. The Hall–Kier alpha value is -2.59. The van der Waals surface area contributed by atoms with Crippen molar-refractivity contribution in [2.24, 2.45) is 0 Å². The van der Waals surface area contributed by atoms with Crippen LogP contribution in [-0.4, -0.2) is 18.1 Å². The zero-order valence-electron chi connectivity index (χ0n) is 11.6. The molecule has 2 rings (SSSR count). The lowest BCUT2D eigenvalue weighted by atomic mass is 10.1. The van der Waals surface area contributed by atoms with E-state index in [1.54, 1.807) is 12.4 Å². The average Bonchev–Trinajstić information content (AvgIpc) is 2.83. The fraction of sp³-hybridized carbons (Fsp3) is 0.214. The summed E-state index contributed by atoms with van der Waals surface area (Å²) in [6, 6.07) is 5.71. The number of nitrogens with one attached hydrogen (secondary N) is 1. The lowest BCUT2D eigenvalue weighted by molar-refractivity contribution is 0.0607. The highest BCUT2D eigenvalue weighted by atomic mass is 32.1. The van der Waals surface area contributed by atoms with Crippen LogP contribution in [0.3, 0.4) is 0 Å². The monoisotopic (exact) mass is 302 g/mol. The number of anilines is 2. The van der Waals surface area contributed by atoms with E-state index in [9.17, 15) is 10.1 Å². The molecule has 0 fully saturated rings. The standard InChI is InChI=1S/C14H14N4O2S/c1-8(9-4-3-5-17-7-9)18-13-10(6-15)11(16)12(21-13)14(19)20-2/h3-5,7-8,18H,16H2,1-2H3. The third kappa shape index (κ3) is 2.95. The third-order valence-electron chi connectivity index (χ3n) is 2.96. The maximum Gasteiger partial charge on any atom is 0.350 e. The highest BCUT2D eigenvalue weighted by Gasteiger charge is 2.22. The largest absolute Gasteiger partial charge is 0.465 e. The van der Waals surface area contributed by atoms with Gasteiger partial charge < -0.3 is 15.8 Å². The summed E-state index contributed by atoms with van der Waals surface area (Å²) in [4.78, 5) is 15.9. The summed E-state index contributed by atoms with van der Waals surface area (Å²) in [6.07, 6.45) is 3.43. The van der Waals surface area contributed by atoms with Crippen LogP contribution in [0.25, 0.3) is 0 Å². The van der Waals surface area contributed by atoms with E-state index in [4.69, 9.17) is 5.73 Å². The average molecular weight is 302 g/mol. The van der Waals surface area contributed by atoms with Crippen LogP contribution in [0, 0.1) is 11.3 Å². The molecule has 7 heteroatoms. The normalized spacial score (nSPS) is 11.5. The molecule has 0 bridgehead atoms. The first-order chi connectivity index (χ1) is 10.1. The number of ether oxygens (including phenoxy) is 1. The van der Waals surface area contributed by atoms with Crippen molar-refractivity contribution in [2.45, 2.75) is 13.0 Å². The van der Waals surface area contributed by atoms with Gasteiger partial charge >= 0.3 is 5.97 Å². The van der Waals surface area contributed by atoms with Gasteiger partial charge in [0.1, 0.15) is 21.5 Å². The smallest absolute Gasteiger partial charge is 0.350 e. The Bertz CT molecular complexity index is 691. The van der Waals surface area contributed by atoms with Gasteiger partial charge in [-0.25, -0.2) is 4.79 Å². The molecule has 0 radical (unpaired) electrons. The molecule has 2 heterocycles. The van der Waals surface area contributed by atoms with Crippen molar-refractivity contribution in [1.29, 1.82) is 5.26 Å². The second-order valence-electron chi connectivity index (χ2n) is 4.30. The van der Waals surface area contributed by atoms with Gasteiger partial charge in [-0.3, -0.25) is 4.98 Å². The Morgan fingerprint density at radius 3 is 2.95 bits per heavy atom. The zero-order valence-corrected chi connectivity index (χ0v) is 12.4. The molecular weight excluding hydrogens is 288 g/mol. The molecule has 108 valence electrons. The van der Waals surface area contributed by atoms with E-state index in [0.717, 1.165) is 16.9 Å². The summed E-state index contributed by atoms with van der Waals surface area (Å²) in [5.74, 6) is -0.545. The lowest BCUT2D eigenvalue weighted by Gasteiger charge is -2.13. The van der Waals surface area contributed by atoms with Crippen LogP contribution < -0.4 is 11.1 Å². The fourth-order valence-corrected chi connectivity index (χ4v) is 2.89. The van der Waals surface area contributed by atoms with Gasteiger partial charge in [-0.1, -0.05) is 6.07 Å². The number of hydrogen-bond donors (Lipinski definition) is 2. The van der Waals surface area contributed by atoms with E-state index in [2.05, 4.69) is 15.0 Å². The molecule has 2 aromatic rings. The minimum absolute atomic E-state index is 0.0747. The Labute approximate surface area is 126 Å². The molecule has 1 atom stereocenters. The molecule has 3 N–H and O–H groups in total. The van der Waals surface area contributed by atoms with Gasteiger partial charge in [-0.15, -0.1) is 11.3 Å². The number of esters is 1. The maximum atomic E-state index is 11.6. The first-order valence-corrected chi connectivity index (χ1v) is 6.97. The van der Waals surface area contributed by atoms with Crippen LogP contribution in [-0.2, 0) is 4.74 Å². The summed E-state index contributed by atoms with van der Waals surface area (Å²) in [5, 5.41) is 13.0. The number of nitrogen functional groups attached to an aromatic ring is 1. The number of carbonyl (C=O) groups is 1. The van der Waals surface area contributed by atoms with E-state index in [-0.39, 0.29) is 22.2 Å². The molecule has 21 heavy (non-hydrogen) atoms. The molecule has 0 aromatic carbocycles. The summed E-state index contributed by atoms with van der Waals surface area (Å²) < 4.78 is 4.66. The SMILES string of the molecule is COC(=O)c1sc(NC(C)c2cccnc2)c(C#N)c1N. The third-order valence-corrected chi connectivity index (χ3v) is 4.08. The summed E-state index contributed by atoms with van der Waals surface area (Å²) in [6.45, 7) is 1.94. The molecule has 6 nitrogen and oxygen atoms in total. The zero-order chi connectivity index (χ0) is 15.4. The second kappa shape index (κ2) is 6.24. The molecule has 0 aliphatic heterocycles. The Morgan fingerprint density at radius 1 is 1.62 bits per heavy atom. The van der Waals surface area contributed by atoms with Crippen LogP contribution >= 0.6 is 11.3 Å². The number of hydrogen-bond acceptors (Lipinski definition) is 7. The van der Waals surface area contributed by atoms with Crippen LogP contribution in [0.2, 0.25) is 0 Å². The maximum absolute atomic E-state index is 11.6. The number of thiophene rings is 1. The first-order valence-electron chi connectivity index (χ1n) is 6.15. The summed E-state index contributed by atoms with van der Waals surface area (Å²) in [7, 11) is 1.28. The minimum Gasteiger partial charge on any atom is -0.465 e. The lowest BCUT2D eigenvalue weighted by Crippen LogP contribution is -2.06. The number of nitriles is 1. The molecule has 0 aliphatic carbocycles. The van der Waals surface area contributed by atoms with Crippen LogP contribution in [0.5, 0.6) is 0 Å². The van der Waals surface area contributed by atoms with E-state index in [0.29, 0.717) is 5.00 Å². The van der Waals surface area contributed by atoms with Crippen LogP contribution in [0.15, 0.2) is 24.5 Å². The molecular formula is C14H14N4O2S. The van der Waals surface area contributed by atoms with Gasteiger partial charge in [0.25, 0.3) is 0 Å². The number of carbonyl (C=O) groups excluding carboxylic acids is 1. The van der Waals surface area contributed by atoms with E-state index >= 15 is 0 Å². The van der Waals surface area contributed by atoms with E-state index < -0.39 is 5.97 Å². The molecule has 0 saturated carbocycles. The van der Waals surface area contributed by atoms with Crippen LogP contribution in [0.1, 0.15) is 33.8 Å². The Morgan fingerprint density at radius 2 is 2.38 bits per heavy atom. The Kier molecular flexibility index (Phi) is 4.40. The van der Waals surface area contributed by atoms with E-state index in [1.807, 2.05) is 25.1 Å². The molecule has 0 spiro atoms. The van der Waals surface area contributed by atoms with Crippen molar-refractivity contribution in [1.82, 2.24) is 4.98 Å². The van der Waals surface area contributed by atoms with Crippen molar-refractivity contribution in [3.63, 3.8) is 0 Å². The highest BCUT2D eigenvalue weighted by molar-refractivity contribution is 7.18. The first kappa shape index (κ1) is 14.8. The van der Waals surface area contributed by atoms with Crippen LogP contribution in [0.4, 0.5) is 10.7 Å². The molecule has 0 aliphatic rings. The second-order valence-corrected chi connectivity index (χ2v) is 5.33. The Balaban J connectivity index is 2.32. The van der Waals surface area contributed by atoms with E-state index in [1.165, 1.54) is 7.11 Å². The molecule has 2 aromatic heterocycles. The van der Waals surface area contributed by atoms with Crippen molar-refractivity contribution >= 4 is 28.0 Å². The van der Waals surface area contributed by atoms with Gasteiger partial charge in [-0.2, -0.15) is 5.26 Å². The molecule has 0 saturated heterocycles. The predicted molar refractivity (Wildman–Crippen MR) is 81.1 cm³/mol. The number of pyridine rings is 1. The van der Waals surface area contributed by atoms with Crippen molar-refractivity contribution in [2.75, 3.05) is 18.2 Å². The highest BCUT2D eigenvalue weighted by Crippen LogP contribution is 2.37. The number of nitrogens with two attached hydrogens (primary N) is 1. The minimum atomic E-state index is -0.545. The van der Waals surface area contributed by atoms with Gasteiger partial charge in [0.2, 0.25) is 0 Å². The molecule has 1 unspecified atom stereocenters. The number of rotatable bonds is 4. The van der Waals surface area contributed by atoms with Gasteiger partial charge in [0.15, 0.2) is 0 Å². The topological polar surface area (TPSA) is 101 Å². The van der Waals surface area contributed by atoms with Gasteiger partial charge in [0.05, 0.1) is 18.8 Å². The molecule has 0 amide bonds. The summed E-state index contributed by atoms with van der Waals surface area (Å²) in [5.41, 5.74) is 7.21. The van der Waals surface area contributed by atoms with Gasteiger partial charge in [0, 0.05) is 12.4 Å². The summed E-state index contributed by atoms with van der Waals surface area (Å²) >= 11 is 1.11. The van der Waals surface area contributed by atoms with Crippen molar-refractivity contribution < 1.29 is 9.53 Å². The quantitative estimate of drug-likeness (QED) is 0.842. The van der Waals surface area contributed by atoms with Crippen molar-refractivity contribution in [3.8, 4) is 6.07 Å². The van der Waals surface area contributed by atoms with Gasteiger partial charge in [-0.05, 0) is 18.6 Å². The van der Waals surface area contributed by atoms with Crippen molar-refractivity contribution in [3.05, 3.63) is 40.5 Å². The fourth-order valence-electron chi connectivity index (χ4n) is 1.81. The number of methoxy groups -OCH3 is 1. The number of nitrogens with zero attached hydrogens (tertiary/aromatic N) is 2. The number of aromatic nitrogens is 1.